The molecule has 0 bridgehead atoms. The second-order valence-electron chi connectivity index (χ2n) is 6.99. The van der Waals surface area contributed by atoms with Gasteiger partial charge in [0.1, 0.15) is 11.5 Å². The van der Waals surface area contributed by atoms with Crippen molar-refractivity contribution in [2.75, 3.05) is 46.2 Å². The first-order valence-corrected chi connectivity index (χ1v) is 9.54. The van der Waals surface area contributed by atoms with Gasteiger partial charge in [-0.05, 0) is 31.4 Å². The summed E-state index contributed by atoms with van der Waals surface area (Å²) >= 11 is 0. The van der Waals surface area contributed by atoms with Crippen LogP contribution in [0.3, 0.4) is 0 Å². The fourth-order valence-corrected chi connectivity index (χ4v) is 3.04. The first-order chi connectivity index (χ1) is 13.0. The molecule has 0 spiro atoms. The highest BCUT2D eigenvalue weighted by Crippen LogP contribution is 2.31. The molecule has 2 rings (SSSR count). The van der Waals surface area contributed by atoms with Gasteiger partial charge in [0.2, 0.25) is 5.91 Å². The lowest BCUT2D eigenvalue weighted by Crippen LogP contribution is -2.45. The molecule has 7 heteroatoms. The molecule has 1 fully saturated rings. The van der Waals surface area contributed by atoms with Gasteiger partial charge in [0, 0.05) is 39.2 Å². The van der Waals surface area contributed by atoms with Crippen LogP contribution in [0.1, 0.15) is 32.6 Å². The summed E-state index contributed by atoms with van der Waals surface area (Å²) < 4.78 is 11.1. The number of methoxy groups -OCH3 is 1. The average Bonchev–Trinajstić information content (AvgIpc) is 2.68. The van der Waals surface area contributed by atoms with Crippen molar-refractivity contribution in [3.63, 3.8) is 0 Å². The number of amides is 3. The Balaban J connectivity index is 1.99. The number of ether oxygens (including phenoxy) is 2. The van der Waals surface area contributed by atoms with Crippen molar-refractivity contribution in [3.05, 3.63) is 18.2 Å². The van der Waals surface area contributed by atoms with E-state index in [1.54, 1.807) is 37.1 Å². The molecule has 0 aliphatic carbocycles. The molecule has 3 amide bonds. The van der Waals surface area contributed by atoms with E-state index >= 15 is 0 Å². The Morgan fingerprint density at radius 2 is 1.96 bits per heavy atom. The van der Waals surface area contributed by atoms with Gasteiger partial charge in [-0.25, -0.2) is 4.79 Å². The fourth-order valence-electron chi connectivity index (χ4n) is 3.04. The molecule has 1 heterocycles. The lowest BCUT2D eigenvalue weighted by atomic mass is 9.96. The summed E-state index contributed by atoms with van der Waals surface area (Å²) in [7, 11) is 5.07. The third kappa shape index (κ3) is 5.77. The molecule has 1 aromatic rings. The standard InChI is InChI=1S/C20H31N3O4/c1-5-6-13-27-18-8-7-16(26-4)14-17(18)21-19(24)15-9-11-23(12-10-15)20(25)22(2)3/h7-8,14-15H,5-6,9-13H2,1-4H3,(H,21,24). The van der Waals surface area contributed by atoms with Gasteiger partial charge in [0.05, 0.1) is 19.4 Å². The predicted molar refractivity (Wildman–Crippen MR) is 105 cm³/mol. The van der Waals surface area contributed by atoms with Crippen molar-refractivity contribution in [1.82, 2.24) is 9.80 Å². The highest BCUT2D eigenvalue weighted by Gasteiger charge is 2.28. The Kier molecular flexibility index (Phi) is 7.76. The zero-order valence-electron chi connectivity index (χ0n) is 16.8. The minimum Gasteiger partial charge on any atom is -0.497 e. The van der Waals surface area contributed by atoms with Crippen molar-refractivity contribution < 1.29 is 19.1 Å². The molecule has 7 nitrogen and oxygen atoms in total. The summed E-state index contributed by atoms with van der Waals surface area (Å²) in [6.45, 7) is 3.89. The molecule has 1 saturated heterocycles. The Morgan fingerprint density at radius 3 is 2.56 bits per heavy atom. The third-order valence-electron chi connectivity index (χ3n) is 4.72. The van der Waals surface area contributed by atoms with Crippen LogP contribution in [0, 0.1) is 5.92 Å². The van der Waals surface area contributed by atoms with E-state index in [9.17, 15) is 9.59 Å². The minimum atomic E-state index is -0.120. The van der Waals surface area contributed by atoms with Crippen molar-refractivity contribution in [2.24, 2.45) is 5.92 Å². The first kappa shape index (κ1) is 20.9. The van der Waals surface area contributed by atoms with E-state index in [1.807, 2.05) is 12.1 Å². The molecule has 0 saturated carbocycles. The van der Waals surface area contributed by atoms with Crippen LogP contribution in [-0.2, 0) is 4.79 Å². The highest BCUT2D eigenvalue weighted by molar-refractivity contribution is 5.94. The van der Waals surface area contributed by atoms with Crippen molar-refractivity contribution >= 4 is 17.6 Å². The van der Waals surface area contributed by atoms with Gasteiger partial charge in [-0.2, -0.15) is 0 Å². The number of hydrogen-bond acceptors (Lipinski definition) is 4. The Morgan fingerprint density at radius 1 is 1.26 bits per heavy atom. The van der Waals surface area contributed by atoms with Crippen LogP contribution in [0.25, 0.3) is 0 Å². The smallest absolute Gasteiger partial charge is 0.319 e. The first-order valence-electron chi connectivity index (χ1n) is 9.54. The van der Waals surface area contributed by atoms with E-state index < -0.39 is 0 Å². The van der Waals surface area contributed by atoms with Crippen molar-refractivity contribution in [3.8, 4) is 11.5 Å². The number of anilines is 1. The lowest BCUT2D eigenvalue weighted by molar-refractivity contribution is -0.121. The summed E-state index contributed by atoms with van der Waals surface area (Å²) in [6, 6.07) is 5.42. The maximum atomic E-state index is 12.7. The number of carbonyl (C=O) groups excluding carboxylic acids is 2. The van der Waals surface area contributed by atoms with E-state index in [0.717, 1.165) is 12.8 Å². The topological polar surface area (TPSA) is 71.1 Å². The van der Waals surface area contributed by atoms with Gasteiger partial charge >= 0.3 is 6.03 Å². The maximum absolute atomic E-state index is 12.7. The SMILES string of the molecule is CCCCOc1ccc(OC)cc1NC(=O)C1CCN(C(=O)N(C)C)CC1. The van der Waals surface area contributed by atoms with Crippen LogP contribution in [0.5, 0.6) is 11.5 Å². The van der Waals surface area contributed by atoms with E-state index in [4.69, 9.17) is 9.47 Å². The van der Waals surface area contributed by atoms with E-state index in [-0.39, 0.29) is 17.9 Å². The van der Waals surface area contributed by atoms with Crippen LogP contribution in [0.2, 0.25) is 0 Å². The lowest BCUT2D eigenvalue weighted by Gasteiger charge is -2.33. The van der Waals surface area contributed by atoms with Gasteiger partial charge in [0.25, 0.3) is 0 Å². The molecule has 0 atom stereocenters. The van der Waals surface area contributed by atoms with E-state index in [2.05, 4.69) is 12.2 Å². The zero-order chi connectivity index (χ0) is 19.8. The monoisotopic (exact) mass is 377 g/mol. The Bertz CT molecular complexity index is 640. The molecule has 1 aromatic carbocycles. The van der Waals surface area contributed by atoms with Crippen molar-refractivity contribution in [2.45, 2.75) is 32.6 Å². The molecule has 150 valence electrons. The zero-order valence-corrected chi connectivity index (χ0v) is 16.8. The average molecular weight is 377 g/mol. The fraction of sp³-hybridized carbons (Fsp3) is 0.600. The normalized spacial score (nSPS) is 14.6. The largest absolute Gasteiger partial charge is 0.497 e. The van der Waals surface area contributed by atoms with Crippen LogP contribution < -0.4 is 14.8 Å². The molecule has 0 radical (unpaired) electrons. The van der Waals surface area contributed by atoms with Gasteiger partial charge in [0.15, 0.2) is 0 Å². The molecule has 0 aromatic heterocycles. The number of hydrogen-bond donors (Lipinski definition) is 1. The van der Waals surface area contributed by atoms with Crippen LogP contribution in [-0.4, -0.2) is 62.6 Å². The number of benzene rings is 1. The van der Waals surface area contributed by atoms with Crippen molar-refractivity contribution in [1.29, 1.82) is 0 Å². The van der Waals surface area contributed by atoms with Gasteiger partial charge in [-0.15, -0.1) is 0 Å². The Labute approximate surface area is 161 Å². The number of unbranched alkanes of at least 4 members (excludes halogenated alkanes) is 1. The predicted octanol–water partition coefficient (Wildman–Crippen LogP) is 3.21. The quantitative estimate of drug-likeness (QED) is 0.741. The van der Waals surface area contributed by atoms with Crippen LogP contribution in [0.4, 0.5) is 10.5 Å². The summed E-state index contributed by atoms with van der Waals surface area (Å²) in [6.07, 6.45) is 3.31. The number of likely N-dealkylation sites (tertiary alicyclic amines) is 1. The second kappa shape index (κ2) is 10.0. The van der Waals surface area contributed by atoms with Gasteiger partial charge in [-0.3, -0.25) is 4.79 Å². The second-order valence-corrected chi connectivity index (χ2v) is 6.99. The number of urea groups is 1. The summed E-state index contributed by atoms with van der Waals surface area (Å²) in [5.41, 5.74) is 0.627. The number of nitrogens with one attached hydrogen (secondary N) is 1. The third-order valence-corrected chi connectivity index (χ3v) is 4.72. The van der Waals surface area contributed by atoms with E-state index in [1.165, 1.54) is 0 Å². The molecule has 27 heavy (non-hydrogen) atoms. The van der Waals surface area contributed by atoms with Gasteiger partial charge in [-0.1, -0.05) is 13.3 Å². The van der Waals surface area contributed by atoms with Crippen LogP contribution in [0.15, 0.2) is 18.2 Å². The number of carbonyl (C=O) groups is 2. The minimum absolute atomic E-state index is 0.00624. The van der Waals surface area contributed by atoms with Crippen LogP contribution >= 0.6 is 0 Å². The molecule has 1 aliphatic rings. The molecular formula is C20H31N3O4. The summed E-state index contributed by atoms with van der Waals surface area (Å²) in [5.74, 6) is 1.16. The summed E-state index contributed by atoms with van der Waals surface area (Å²) in [5, 5.41) is 2.99. The number of nitrogens with zero attached hydrogens (tertiary/aromatic N) is 2. The Hall–Kier alpha value is -2.44. The molecular weight excluding hydrogens is 346 g/mol. The molecule has 0 unspecified atom stereocenters. The summed E-state index contributed by atoms with van der Waals surface area (Å²) in [4.78, 5) is 28.1. The number of piperidine rings is 1. The van der Waals surface area contributed by atoms with Gasteiger partial charge < -0.3 is 24.6 Å². The molecule has 1 aliphatic heterocycles. The van der Waals surface area contributed by atoms with E-state index in [0.29, 0.717) is 49.7 Å². The highest BCUT2D eigenvalue weighted by atomic mass is 16.5. The molecule has 1 N–H and O–H groups in total. The number of rotatable bonds is 7. The maximum Gasteiger partial charge on any atom is 0.319 e.